The van der Waals surface area contributed by atoms with Crippen LogP contribution in [0.2, 0.25) is 0 Å². The van der Waals surface area contributed by atoms with Gasteiger partial charge < -0.3 is 15.5 Å². The van der Waals surface area contributed by atoms with Crippen molar-refractivity contribution in [1.82, 2.24) is 9.80 Å². The second kappa shape index (κ2) is 8.90. The van der Waals surface area contributed by atoms with E-state index in [4.69, 9.17) is 5.73 Å². The Hall–Kier alpha value is -0.120. The number of rotatable bonds is 10. The summed E-state index contributed by atoms with van der Waals surface area (Å²) in [4.78, 5) is 4.69. The van der Waals surface area contributed by atoms with Crippen molar-refractivity contribution in [2.45, 2.75) is 39.5 Å². The second-order valence-electron chi connectivity index (χ2n) is 6.27. The van der Waals surface area contributed by atoms with Crippen molar-refractivity contribution in [2.24, 2.45) is 11.1 Å². The third kappa shape index (κ3) is 10.7. The molecule has 0 unspecified atom stereocenters. The van der Waals surface area contributed by atoms with Crippen molar-refractivity contribution >= 4 is 0 Å². The van der Waals surface area contributed by atoms with Crippen molar-refractivity contribution < 1.29 is 0 Å². The van der Waals surface area contributed by atoms with Crippen LogP contribution in [0.3, 0.4) is 0 Å². The minimum absolute atomic E-state index is 0.416. The Morgan fingerprint density at radius 1 is 0.882 bits per heavy atom. The van der Waals surface area contributed by atoms with Gasteiger partial charge in [0.1, 0.15) is 0 Å². The van der Waals surface area contributed by atoms with Crippen LogP contribution in [0, 0.1) is 5.41 Å². The van der Waals surface area contributed by atoms with E-state index in [1.54, 1.807) is 0 Å². The lowest BCUT2D eigenvalue weighted by atomic mass is 9.84. The van der Waals surface area contributed by atoms with E-state index in [-0.39, 0.29) is 0 Å². The van der Waals surface area contributed by atoms with Gasteiger partial charge >= 0.3 is 0 Å². The minimum atomic E-state index is 0.416. The molecule has 0 aliphatic rings. The van der Waals surface area contributed by atoms with Crippen molar-refractivity contribution in [1.29, 1.82) is 0 Å². The van der Waals surface area contributed by atoms with Crippen molar-refractivity contribution in [3.8, 4) is 0 Å². The van der Waals surface area contributed by atoms with Crippen LogP contribution in [0.4, 0.5) is 0 Å². The second-order valence-corrected chi connectivity index (χ2v) is 6.27. The Morgan fingerprint density at radius 2 is 1.47 bits per heavy atom. The summed E-state index contributed by atoms with van der Waals surface area (Å²) in [7, 11) is 6.50. The lowest BCUT2D eigenvalue weighted by molar-refractivity contribution is 0.254. The smallest absolute Gasteiger partial charge is 0.000960 e. The molecular weight excluding hydrogens is 210 g/mol. The topological polar surface area (TPSA) is 32.5 Å². The molecule has 0 aliphatic heterocycles. The molecule has 0 atom stereocenters. The zero-order chi connectivity index (χ0) is 13.3. The van der Waals surface area contributed by atoms with Crippen LogP contribution in [0.1, 0.15) is 39.5 Å². The van der Waals surface area contributed by atoms with Gasteiger partial charge in [0.25, 0.3) is 0 Å². The van der Waals surface area contributed by atoms with E-state index in [9.17, 15) is 0 Å². The number of hydrogen-bond acceptors (Lipinski definition) is 3. The zero-order valence-electron chi connectivity index (χ0n) is 12.6. The third-order valence-corrected chi connectivity index (χ3v) is 3.36. The van der Waals surface area contributed by atoms with E-state index in [0.717, 1.165) is 13.0 Å². The molecule has 0 amide bonds. The van der Waals surface area contributed by atoms with E-state index in [0.29, 0.717) is 5.41 Å². The molecule has 0 saturated heterocycles. The van der Waals surface area contributed by atoms with Crippen LogP contribution in [0.5, 0.6) is 0 Å². The lowest BCUT2D eigenvalue weighted by Crippen LogP contribution is -2.26. The van der Waals surface area contributed by atoms with Crippen molar-refractivity contribution in [3.63, 3.8) is 0 Å². The van der Waals surface area contributed by atoms with Gasteiger partial charge in [0, 0.05) is 0 Å². The first-order valence-corrected chi connectivity index (χ1v) is 6.91. The summed E-state index contributed by atoms with van der Waals surface area (Å²) in [5, 5.41) is 0. The van der Waals surface area contributed by atoms with E-state index < -0.39 is 0 Å². The van der Waals surface area contributed by atoms with Crippen molar-refractivity contribution in [2.75, 3.05) is 47.3 Å². The molecule has 0 radical (unpaired) electrons. The van der Waals surface area contributed by atoms with Gasteiger partial charge in [0.2, 0.25) is 0 Å². The fourth-order valence-corrected chi connectivity index (χ4v) is 2.11. The van der Waals surface area contributed by atoms with Gasteiger partial charge in [0.15, 0.2) is 0 Å². The van der Waals surface area contributed by atoms with Crippen molar-refractivity contribution in [3.05, 3.63) is 0 Å². The molecule has 104 valence electrons. The summed E-state index contributed by atoms with van der Waals surface area (Å²) in [5.41, 5.74) is 6.04. The summed E-state index contributed by atoms with van der Waals surface area (Å²) >= 11 is 0. The normalized spacial score (nSPS) is 12.7. The molecule has 0 aromatic carbocycles. The highest BCUT2D eigenvalue weighted by atomic mass is 15.1. The molecule has 0 fully saturated rings. The molecular formula is C14H33N3. The summed E-state index contributed by atoms with van der Waals surface area (Å²) in [5.74, 6) is 0. The molecule has 17 heavy (non-hydrogen) atoms. The molecule has 3 heteroatoms. The van der Waals surface area contributed by atoms with Gasteiger partial charge in [-0.05, 0) is 78.4 Å². The standard InChI is InChI=1S/C14H33N3/c1-14(2,9-10-15)8-6-12-17(5)13-7-11-16(3)4/h6-13,15H2,1-5H3. The Balaban J connectivity index is 3.53. The predicted octanol–water partition coefficient (Wildman–Crippen LogP) is 2.03. The summed E-state index contributed by atoms with van der Waals surface area (Å²) in [6.07, 6.45) is 4.96. The van der Waals surface area contributed by atoms with Crippen LogP contribution in [-0.2, 0) is 0 Å². The zero-order valence-corrected chi connectivity index (χ0v) is 12.6. The first kappa shape index (κ1) is 16.9. The van der Waals surface area contributed by atoms with Crippen LogP contribution in [0.15, 0.2) is 0 Å². The van der Waals surface area contributed by atoms with E-state index in [1.165, 1.54) is 38.9 Å². The monoisotopic (exact) mass is 243 g/mol. The lowest BCUT2D eigenvalue weighted by Gasteiger charge is -2.25. The maximum absolute atomic E-state index is 5.63. The maximum atomic E-state index is 5.63. The van der Waals surface area contributed by atoms with Crippen LogP contribution >= 0.6 is 0 Å². The third-order valence-electron chi connectivity index (χ3n) is 3.36. The summed E-state index contributed by atoms with van der Waals surface area (Å²) in [6, 6.07) is 0. The molecule has 3 nitrogen and oxygen atoms in total. The van der Waals surface area contributed by atoms with Gasteiger partial charge in [-0.15, -0.1) is 0 Å². The first-order valence-electron chi connectivity index (χ1n) is 6.91. The number of hydrogen-bond donors (Lipinski definition) is 1. The quantitative estimate of drug-likeness (QED) is 0.637. The molecule has 0 heterocycles. The van der Waals surface area contributed by atoms with E-state index >= 15 is 0 Å². The highest BCUT2D eigenvalue weighted by Crippen LogP contribution is 2.25. The average Bonchev–Trinajstić information content (AvgIpc) is 2.16. The molecule has 0 aromatic heterocycles. The summed E-state index contributed by atoms with van der Waals surface area (Å²) in [6.45, 7) is 9.06. The molecule has 0 saturated carbocycles. The maximum Gasteiger partial charge on any atom is -0.000960 e. The highest BCUT2D eigenvalue weighted by Gasteiger charge is 2.16. The van der Waals surface area contributed by atoms with Crippen LogP contribution in [-0.4, -0.2) is 57.1 Å². The van der Waals surface area contributed by atoms with Gasteiger partial charge in [-0.2, -0.15) is 0 Å². The number of nitrogens with zero attached hydrogens (tertiary/aromatic N) is 2. The predicted molar refractivity (Wildman–Crippen MR) is 77.4 cm³/mol. The Morgan fingerprint density at radius 3 is 2.00 bits per heavy atom. The molecule has 2 N–H and O–H groups in total. The molecule has 0 aliphatic carbocycles. The fraction of sp³-hybridized carbons (Fsp3) is 1.00. The SMILES string of the molecule is CN(C)CCCN(C)CCCC(C)(C)CCN. The average molecular weight is 243 g/mol. The van der Waals surface area contributed by atoms with Gasteiger partial charge in [-0.25, -0.2) is 0 Å². The fourth-order valence-electron chi connectivity index (χ4n) is 2.11. The molecule has 0 bridgehead atoms. The van der Waals surface area contributed by atoms with E-state index in [1.807, 2.05) is 0 Å². The van der Waals surface area contributed by atoms with Gasteiger partial charge in [0.05, 0.1) is 0 Å². The Labute approximate surface area is 108 Å². The van der Waals surface area contributed by atoms with E-state index in [2.05, 4.69) is 44.8 Å². The molecule has 0 spiro atoms. The Kier molecular flexibility index (Phi) is 8.83. The Bertz CT molecular complexity index is 178. The first-order chi connectivity index (χ1) is 7.87. The largest absolute Gasteiger partial charge is 0.330 e. The minimum Gasteiger partial charge on any atom is -0.330 e. The number of nitrogens with two attached hydrogens (primary N) is 1. The van der Waals surface area contributed by atoms with Gasteiger partial charge in [-0.1, -0.05) is 13.8 Å². The molecule has 0 aromatic rings. The van der Waals surface area contributed by atoms with Gasteiger partial charge in [-0.3, -0.25) is 0 Å². The summed E-state index contributed by atoms with van der Waals surface area (Å²) < 4.78 is 0. The highest BCUT2D eigenvalue weighted by molar-refractivity contribution is 4.69. The van der Waals surface area contributed by atoms with Crippen LogP contribution in [0.25, 0.3) is 0 Å². The van der Waals surface area contributed by atoms with Crippen LogP contribution < -0.4 is 5.73 Å². The molecule has 0 rings (SSSR count).